The zero-order valence-corrected chi connectivity index (χ0v) is 13.6. The molecule has 2 saturated heterocycles. The second-order valence-electron chi connectivity index (χ2n) is 6.58. The lowest BCUT2D eigenvalue weighted by molar-refractivity contribution is -0.916. The molecule has 0 aliphatic carbocycles. The van der Waals surface area contributed by atoms with Gasteiger partial charge in [0.25, 0.3) is 0 Å². The van der Waals surface area contributed by atoms with Crippen LogP contribution in [0, 0.1) is 10.1 Å². The van der Waals surface area contributed by atoms with Crippen LogP contribution in [0.3, 0.4) is 0 Å². The Morgan fingerprint density at radius 2 is 2.17 bits per heavy atom. The summed E-state index contributed by atoms with van der Waals surface area (Å²) in [4.78, 5) is 21.9. The third-order valence-corrected chi connectivity index (χ3v) is 4.51. The summed E-state index contributed by atoms with van der Waals surface area (Å²) >= 11 is 0. The van der Waals surface area contributed by atoms with Gasteiger partial charge in [0.15, 0.2) is 11.9 Å². The van der Waals surface area contributed by atoms with Crippen molar-refractivity contribution < 1.29 is 23.4 Å². The van der Waals surface area contributed by atoms with Crippen LogP contribution in [0.15, 0.2) is 21.7 Å². The van der Waals surface area contributed by atoms with E-state index in [1.165, 1.54) is 42.6 Å². The highest BCUT2D eigenvalue weighted by atomic mass is 16.6. The van der Waals surface area contributed by atoms with Crippen LogP contribution < -0.4 is 0 Å². The summed E-state index contributed by atoms with van der Waals surface area (Å²) in [5, 5.41) is 15.8. The van der Waals surface area contributed by atoms with Gasteiger partial charge in [0.05, 0.1) is 39.0 Å². The first-order valence-electron chi connectivity index (χ1n) is 8.05. The predicted molar refractivity (Wildman–Crippen MR) is 84.6 cm³/mol. The lowest BCUT2D eigenvalue weighted by Crippen LogP contribution is -2.52. The number of carbonyl (C=O) groups excluding carboxylic acids is 1. The van der Waals surface area contributed by atoms with Gasteiger partial charge in [-0.25, -0.2) is 4.79 Å². The Hall–Kier alpha value is -2.42. The van der Waals surface area contributed by atoms with Crippen LogP contribution in [-0.4, -0.2) is 66.1 Å². The number of likely N-dealkylation sites (N-methyl/N-ethyl adjacent to an activating group) is 1. The number of furan rings is 1. The zero-order valence-electron chi connectivity index (χ0n) is 13.6. The van der Waals surface area contributed by atoms with Gasteiger partial charge in [-0.15, -0.1) is 0 Å². The number of carbonyl (C=O) groups is 1. The van der Waals surface area contributed by atoms with Gasteiger partial charge >= 0.3 is 12.0 Å². The van der Waals surface area contributed by atoms with Crippen LogP contribution in [0.25, 0.3) is 0 Å². The van der Waals surface area contributed by atoms with Gasteiger partial charge in [0, 0.05) is 0 Å². The lowest BCUT2D eigenvalue weighted by Gasteiger charge is -2.38. The molecule has 2 aliphatic heterocycles. The van der Waals surface area contributed by atoms with Crippen LogP contribution in [0.4, 0.5) is 10.7 Å². The highest BCUT2D eigenvalue weighted by molar-refractivity contribution is 5.78. The Bertz CT molecular complexity index is 650. The summed E-state index contributed by atoms with van der Waals surface area (Å²) in [6, 6.07) is 2.67. The maximum Gasteiger partial charge on any atom is 0.433 e. The molecule has 1 aromatic rings. The van der Waals surface area contributed by atoms with Crippen LogP contribution in [0.5, 0.6) is 0 Å². The van der Waals surface area contributed by atoms with Gasteiger partial charge in [-0.05, 0) is 25.3 Å². The Morgan fingerprint density at radius 1 is 1.42 bits per heavy atom. The number of ether oxygens (including phenoxy) is 1. The summed E-state index contributed by atoms with van der Waals surface area (Å²) in [5.41, 5.74) is 0. The van der Waals surface area contributed by atoms with E-state index in [1.807, 2.05) is 0 Å². The van der Waals surface area contributed by atoms with Crippen molar-refractivity contribution in [3.05, 3.63) is 28.0 Å². The van der Waals surface area contributed by atoms with E-state index in [0.29, 0.717) is 6.54 Å². The number of nitro groups is 1. The normalized spacial score (nSPS) is 23.6. The lowest BCUT2D eigenvalue weighted by atomic mass is 10.1. The fourth-order valence-corrected chi connectivity index (χ4v) is 3.28. The highest BCUT2D eigenvalue weighted by Crippen LogP contribution is 2.21. The number of amides is 1. The standard InChI is InChI=1S/C15H21N4O5/c1-19(7-3-2-4-8-19)11-13-10-17(15(20)24-13)16-9-12-5-6-14(23-12)18(21)22/h5-6,9,13H,2-4,7-8,10-11H2,1H3/q+1/b16-9-/t13-/m0/s1. The van der Waals surface area contributed by atoms with E-state index in [1.54, 1.807) is 0 Å². The Morgan fingerprint density at radius 3 is 2.83 bits per heavy atom. The summed E-state index contributed by atoms with van der Waals surface area (Å²) in [7, 11) is 2.20. The van der Waals surface area contributed by atoms with Gasteiger partial charge in [0.2, 0.25) is 0 Å². The molecule has 9 nitrogen and oxygen atoms in total. The minimum absolute atomic E-state index is 0.191. The van der Waals surface area contributed by atoms with Crippen LogP contribution in [0.2, 0.25) is 0 Å². The number of likely N-dealkylation sites (tertiary alicyclic amines) is 1. The molecule has 2 aliphatic rings. The van der Waals surface area contributed by atoms with Gasteiger partial charge in [-0.1, -0.05) is 0 Å². The van der Waals surface area contributed by atoms with E-state index >= 15 is 0 Å². The van der Waals surface area contributed by atoms with Crippen molar-refractivity contribution in [3.8, 4) is 0 Å². The number of hydrogen-bond acceptors (Lipinski definition) is 6. The van der Waals surface area contributed by atoms with Crippen LogP contribution in [-0.2, 0) is 4.74 Å². The molecule has 9 heteroatoms. The van der Waals surface area contributed by atoms with Crippen molar-refractivity contribution in [2.24, 2.45) is 5.10 Å². The van der Waals surface area contributed by atoms with E-state index in [0.717, 1.165) is 24.1 Å². The number of hydrazone groups is 1. The van der Waals surface area contributed by atoms with Gasteiger partial charge in [-0.2, -0.15) is 10.1 Å². The monoisotopic (exact) mass is 337 g/mol. The molecule has 3 rings (SSSR count). The molecule has 0 bridgehead atoms. The average molecular weight is 337 g/mol. The maximum atomic E-state index is 11.9. The Balaban J connectivity index is 1.58. The second kappa shape index (κ2) is 6.60. The molecular formula is C15H21N4O5+. The van der Waals surface area contributed by atoms with Crippen LogP contribution >= 0.6 is 0 Å². The quantitative estimate of drug-likeness (QED) is 0.354. The fraction of sp³-hybridized carbons (Fsp3) is 0.600. The summed E-state index contributed by atoms with van der Waals surface area (Å²) in [6.07, 6.45) is 4.27. The molecule has 3 heterocycles. The second-order valence-corrected chi connectivity index (χ2v) is 6.58. The SMILES string of the molecule is C[N+]1(C[C@@H]2CN(/N=C\c3ccc([N+](=O)[O-])o3)C(=O)O2)CCCCC1. The average Bonchev–Trinajstić information content (AvgIpc) is 3.12. The minimum Gasteiger partial charge on any atom is -0.437 e. The third-order valence-electron chi connectivity index (χ3n) is 4.51. The number of cyclic esters (lactones) is 1. The molecule has 0 unspecified atom stereocenters. The molecular weight excluding hydrogens is 316 g/mol. The molecule has 1 aromatic heterocycles. The molecule has 130 valence electrons. The molecule has 0 saturated carbocycles. The van der Waals surface area contributed by atoms with E-state index in [-0.39, 0.29) is 17.7 Å². The van der Waals surface area contributed by atoms with E-state index in [2.05, 4.69) is 12.1 Å². The summed E-state index contributed by atoms with van der Waals surface area (Å²) in [6.45, 7) is 3.37. The van der Waals surface area contributed by atoms with Gasteiger partial charge in [-0.3, -0.25) is 10.1 Å². The van der Waals surface area contributed by atoms with Crippen molar-refractivity contribution in [2.45, 2.75) is 25.4 Å². The smallest absolute Gasteiger partial charge is 0.433 e. The number of rotatable bonds is 5. The number of piperidine rings is 1. The van der Waals surface area contributed by atoms with Crippen molar-refractivity contribution >= 4 is 18.2 Å². The number of hydrogen-bond donors (Lipinski definition) is 0. The largest absolute Gasteiger partial charge is 0.437 e. The topological polar surface area (TPSA) is 98.2 Å². The predicted octanol–water partition coefficient (Wildman–Crippen LogP) is 1.97. The first-order valence-corrected chi connectivity index (χ1v) is 8.05. The molecule has 2 fully saturated rings. The molecule has 0 aromatic carbocycles. The van der Waals surface area contributed by atoms with E-state index in [4.69, 9.17) is 9.15 Å². The van der Waals surface area contributed by atoms with Crippen molar-refractivity contribution in [2.75, 3.05) is 33.2 Å². The maximum absolute atomic E-state index is 11.9. The van der Waals surface area contributed by atoms with Crippen LogP contribution in [0.1, 0.15) is 25.0 Å². The minimum atomic E-state index is -0.625. The van der Waals surface area contributed by atoms with Crippen molar-refractivity contribution in [1.82, 2.24) is 5.01 Å². The molecule has 1 amide bonds. The number of quaternary nitrogens is 1. The molecule has 1 atom stereocenters. The first kappa shape index (κ1) is 16.4. The number of nitrogens with zero attached hydrogens (tertiary/aromatic N) is 4. The van der Waals surface area contributed by atoms with Crippen molar-refractivity contribution in [1.29, 1.82) is 0 Å². The highest BCUT2D eigenvalue weighted by Gasteiger charge is 2.37. The Kier molecular flexibility index (Phi) is 4.52. The fourth-order valence-electron chi connectivity index (χ4n) is 3.28. The zero-order chi connectivity index (χ0) is 17.2. The van der Waals surface area contributed by atoms with E-state index < -0.39 is 11.0 Å². The first-order chi connectivity index (χ1) is 11.5. The summed E-state index contributed by atoms with van der Waals surface area (Å²) < 4.78 is 11.3. The van der Waals surface area contributed by atoms with Gasteiger partial charge in [0.1, 0.15) is 11.5 Å². The summed E-state index contributed by atoms with van der Waals surface area (Å²) in [5.74, 6) is -0.145. The molecule has 0 spiro atoms. The Labute approximate surface area is 139 Å². The third kappa shape index (κ3) is 3.73. The van der Waals surface area contributed by atoms with Gasteiger partial charge < -0.3 is 13.6 Å². The van der Waals surface area contributed by atoms with Crippen molar-refractivity contribution in [3.63, 3.8) is 0 Å². The molecule has 24 heavy (non-hydrogen) atoms. The molecule has 0 N–H and O–H groups in total. The van der Waals surface area contributed by atoms with E-state index in [9.17, 15) is 14.9 Å². The molecule has 0 radical (unpaired) electrons.